The number of hydrogen-bond acceptors (Lipinski definition) is 5. The van der Waals surface area contributed by atoms with Crippen LogP contribution >= 0.6 is 0 Å². The summed E-state index contributed by atoms with van der Waals surface area (Å²) >= 11 is 0. The number of hydrogen-bond donors (Lipinski definition) is 0. The lowest BCUT2D eigenvalue weighted by molar-refractivity contribution is 0.0730. The Bertz CT molecular complexity index is 1040. The molecule has 3 amide bonds. The van der Waals surface area contributed by atoms with Crippen molar-refractivity contribution in [2.24, 2.45) is 0 Å². The number of piperidine rings is 1. The van der Waals surface area contributed by atoms with Gasteiger partial charge in [-0.2, -0.15) is 4.31 Å². The standard InChI is InChI=1S/C23H27N3O5S/c27-22(19-9-11-21(12-10-19)32(29,30)25-15-17-31-18-16-25)26(20-7-3-1-4-8-20)23(28)24-13-5-2-6-14-24/h1,3-4,7-12H,2,5-6,13-18H2. The summed E-state index contributed by atoms with van der Waals surface area (Å²) in [6, 6.07) is 14.2. The van der Waals surface area contributed by atoms with Crippen LogP contribution in [0.5, 0.6) is 0 Å². The number of carbonyl (C=O) groups excluding carboxylic acids is 2. The van der Waals surface area contributed by atoms with Crippen molar-refractivity contribution < 1.29 is 22.7 Å². The van der Waals surface area contributed by atoms with Gasteiger partial charge in [-0.3, -0.25) is 4.79 Å². The van der Waals surface area contributed by atoms with Crippen LogP contribution < -0.4 is 4.90 Å². The number of carbonyl (C=O) groups is 2. The summed E-state index contributed by atoms with van der Waals surface area (Å²) in [5.41, 5.74) is 0.734. The van der Waals surface area contributed by atoms with Crippen molar-refractivity contribution in [1.29, 1.82) is 0 Å². The van der Waals surface area contributed by atoms with Crippen LogP contribution in [0, 0.1) is 0 Å². The molecule has 2 aliphatic rings. The van der Waals surface area contributed by atoms with E-state index in [9.17, 15) is 18.0 Å². The molecule has 0 aromatic heterocycles. The van der Waals surface area contributed by atoms with Gasteiger partial charge in [0.15, 0.2) is 0 Å². The van der Waals surface area contributed by atoms with E-state index < -0.39 is 15.9 Å². The molecule has 32 heavy (non-hydrogen) atoms. The van der Waals surface area contributed by atoms with Crippen molar-refractivity contribution in [2.45, 2.75) is 24.2 Å². The molecule has 9 heteroatoms. The molecule has 2 saturated heterocycles. The van der Waals surface area contributed by atoms with Crippen LogP contribution in [-0.2, 0) is 14.8 Å². The van der Waals surface area contributed by atoms with Crippen LogP contribution in [0.25, 0.3) is 0 Å². The van der Waals surface area contributed by atoms with Gasteiger partial charge >= 0.3 is 6.03 Å². The molecule has 2 heterocycles. The predicted molar refractivity (Wildman–Crippen MR) is 120 cm³/mol. The third-order valence-corrected chi connectivity index (χ3v) is 7.66. The van der Waals surface area contributed by atoms with E-state index in [1.165, 1.54) is 33.5 Å². The predicted octanol–water partition coefficient (Wildman–Crippen LogP) is 2.96. The number of morpholine rings is 1. The molecule has 4 rings (SSSR count). The Morgan fingerprint density at radius 1 is 0.812 bits per heavy atom. The Balaban J connectivity index is 1.60. The number of para-hydroxylation sites is 1. The number of nitrogens with zero attached hydrogens (tertiary/aromatic N) is 3. The van der Waals surface area contributed by atoms with E-state index in [0.717, 1.165) is 19.3 Å². The largest absolute Gasteiger partial charge is 0.379 e. The minimum atomic E-state index is -3.66. The molecule has 2 aromatic rings. The second-order valence-electron chi connectivity index (χ2n) is 7.85. The third-order valence-electron chi connectivity index (χ3n) is 5.74. The van der Waals surface area contributed by atoms with E-state index in [0.29, 0.717) is 45.1 Å². The zero-order chi connectivity index (χ0) is 22.6. The maximum absolute atomic E-state index is 13.4. The highest BCUT2D eigenvalue weighted by Gasteiger charge is 2.31. The molecule has 2 fully saturated rings. The summed E-state index contributed by atoms with van der Waals surface area (Å²) in [6.07, 6.45) is 2.90. The van der Waals surface area contributed by atoms with Crippen LogP contribution in [0.2, 0.25) is 0 Å². The topological polar surface area (TPSA) is 87.2 Å². The smallest absolute Gasteiger partial charge is 0.331 e. The monoisotopic (exact) mass is 457 g/mol. The second kappa shape index (κ2) is 9.81. The quantitative estimate of drug-likeness (QED) is 0.705. The van der Waals surface area contributed by atoms with Crippen molar-refractivity contribution in [3.63, 3.8) is 0 Å². The van der Waals surface area contributed by atoms with Crippen LogP contribution in [0.4, 0.5) is 10.5 Å². The first-order valence-corrected chi connectivity index (χ1v) is 12.3. The molecular formula is C23H27N3O5S. The highest BCUT2D eigenvalue weighted by molar-refractivity contribution is 7.89. The summed E-state index contributed by atoms with van der Waals surface area (Å²) in [4.78, 5) is 29.6. The highest BCUT2D eigenvalue weighted by atomic mass is 32.2. The maximum atomic E-state index is 13.4. The number of rotatable bonds is 4. The SMILES string of the molecule is O=C(c1ccc(S(=O)(=O)N2CCOCC2)cc1)N(C(=O)N1CCCCC1)c1ccccc1. The maximum Gasteiger partial charge on any atom is 0.331 e. The zero-order valence-corrected chi connectivity index (χ0v) is 18.7. The second-order valence-corrected chi connectivity index (χ2v) is 9.79. The molecular weight excluding hydrogens is 430 g/mol. The fourth-order valence-corrected chi connectivity index (χ4v) is 5.36. The lowest BCUT2D eigenvalue weighted by Gasteiger charge is -2.32. The minimum absolute atomic E-state index is 0.115. The summed E-state index contributed by atoms with van der Waals surface area (Å²) in [5.74, 6) is -0.484. The van der Waals surface area contributed by atoms with Gasteiger partial charge in [-0.15, -0.1) is 0 Å². The van der Waals surface area contributed by atoms with Gasteiger partial charge in [0, 0.05) is 31.7 Å². The molecule has 8 nitrogen and oxygen atoms in total. The Labute approximate surface area is 188 Å². The van der Waals surface area contributed by atoms with E-state index in [4.69, 9.17) is 4.74 Å². The van der Waals surface area contributed by atoms with Gasteiger partial charge in [0.25, 0.3) is 5.91 Å². The van der Waals surface area contributed by atoms with Crippen LogP contribution in [0.3, 0.4) is 0 Å². The van der Waals surface area contributed by atoms with Gasteiger partial charge in [-0.1, -0.05) is 18.2 Å². The molecule has 0 saturated carbocycles. The summed E-state index contributed by atoms with van der Waals surface area (Å²) in [7, 11) is -3.66. The average Bonchev–Trinajstić information content (AvgIpc) is 2.86. The van der Waals surface area contributed by atoms with Gasteiger partial charge < -0.3 is 9.64 Å². The molecule has 170 valence electrons. The van der Waals surface area contributed by atoms with Crippen molar-refractivity contribution in [3.05, 3.63) is 60.2 Å². The molecule has 0 unspecified atom stereocenters. The van der Waals surface area contributed by atoms with E-state index in [2.05, 4.69) is 0 Å². The zero-order valence-electron chi connectivity index (χ0n) is 17.9. The fraction of sp³-hybridized carbons (Fsp3) is 0.391. The van der Waals surface area contributed by atoms with Crippen molar-refractivity contribution >= 4 is 27.6 Å². The van der Waals surface area contributed by atoms with Gasteiger partial charge in [0.05, 0.1) is 23.8 Å². The molecule has 0 spiro atoms. The fourth-order valence-electron chi connectivity index (χ4n) is 3.95. The molecule has 2 aromatic carbocycles. The van der Waals surface area contributed by atoms with E-state index in [1.807, 2.05) is 6.07 Å². The highest BCUT2D eigenvalue weighted by Crippen LogP contribution is 2.23. The lowest BCUT2D eigenvalue weighted by atomic mass is 10.1. The van der Waals surface area contributed by atoms with E-state index in [1.54, 1.807) is 29.2 Å². The Hall–Kier alpha value is -2.75. The Morgan fingerprint density at radius 3 is 2.06 bits per heavy atom. The van der Waals surface area contributed by atoms with Gasteiger partial charge in [-0.05, 0) is 55.7 Å². The van der Waals surface area contributed by atoms with Gasteiger partial charge in [-0.25, -0.2) is 18.1 Å². The lowest BCUT2D eigenvalue weighted by Crippen LogP contribution is -2.48. The van der Waals surface area contributed by atoms with Crippen LogP contribution in [0.1, 0.15) is 29.6 Å². The first-order valence-electron chi connectivity index (χ1n) is 10.8. The minimum Gasteiger partial charge on any atom is -0.379 e. The number of anilines is 1. The van der Waals surface area contributed by atoms with Crippen LogP contribution in [0.15, 0.2) is 59.5 Å². The first-order chi connectivity index (χ1) is 15.5. The Morgan fingerprint density at radius 2 is 1.44 bits per heavy atom. The summed E-state index contributed by atoms with van der Waals surface area (Å²) in [6.45, 7) is 2.56. The molecule has 0 radical (unpaired) electrons. The number of likely N-dealkylation sites (tertiary alicyclic amines) is 1. The number of urea groups is 1. The summed E-state index contributed by atoms with van der Waals surface area (Å²) in [5, 5.41) is 0. The normalized spacial score (nSPS) is 17.7. The number of ether oxygens (including phenoxy) is 1. The first kappa shape index (κ1) is 22.4. The van der Waals surface area contributed by atoms with Crippen molar-refractivity contribution in [1.82, 2.24) is 9.21 Å². The molecule has 0 atom stereocenters. The van der Waals surface area contributed by atoms with Gasteiger partial charge in [0.1, 0.15) is 0 Å². The third kappa shape index (κ3) is 4.69. The Kier molecular flexibility index (Phi) is 6.88. The van der Waals surface area contributed by atoms with Gasteiger partial charge in [0.2, 0.25) is 10.0 Å². The number of imide groups is 1. The number of amides is 3. The number of benzene rings is 2. The molecule has 0 N–H and O–H groups in total. The van der Waals surface area contributed by atoms with E-state index in [-0.39, 0.29) is 16.5 Å². The van der Waals surface area contributed by atoms with Crippen molar-refractivity contribution in [2.75, 3.05) is 44.3 Å². The molecule has 2 aliphatic heterocycles. The molecule has 0 bridgehead atoms. The van der Waals surface area contributed by atoms with Crippen molar-refractivity contribution in [3.8, 4) is 0 Å². The van der Waals surface area contributed by atoms with E-state index >= 15 is 0 Å². The van der Waals surface area contributed by atoms with Crippen LogP contribution in [-0.4, -0.2) is 69.0 Å². The average molecular weight is 458 g/mol. The summed E-state index contributed by atoms with van der Waals surface area (Å²) < 4.78 is 32.3. The molecule has 0 aliphatic carbocycles. The number of sulfonamides is 1.